The summed E-state index contributed by atoms with van der Waals surface area (Å²) >= 11 is 0. The third kappa shape index (κ3) is 4.46. The van der Waals surface area contributed by atoms with E-state index in [1.165, 1.54) is 6.07 Å². The fourth-order valence-corrected chi connectivity index (χ4v) is 1.92. The summed E-state index contributed by atoms with van der Waals surface area (Å²) in [4.78, 5) is 0. The smallest absolute Gasteiger partial charge is 0.129 e. The van der Waals surface area contributed by atoms with Gasteiger partial charge in [0.05, 0.1) is 12.7 Å². The van der Waals surface area contributed by atoms with Crippen LogP contribution >= 0.6 is 0 Å². The van der Waals surface area contributed by atoms with Crippen LogP contribution in [-0.2, 0) is 13.2 Å². The zero-order valence-electron chi connectivity index (χ0n) is 12.2. The van der Waals surface area contributed by atoms with Crippen molar-refractivity contribution in [3.63, 3.8) is 0 Å². The van der Waals surface area contributed by atoms with Crippen molar-refractivity contribution in [2.75, 3.05) is 0 Å². The molecule has 0 radical (unpaired) electrons. The molecule has 0 amide bonds. The fourth-order valence-electron chi connectivity index (χ4n) is 1.92. The number of rotatable bonds is 6. The van der Waals surface area contributed by atoms with Crippen LogP contribution in [0.25, 0.3) is 0 Å². The predicted octanol–water partition coefficient (Wildman–Crippen LogP) is 3.68. The van der Waals surface area contributed by atoms with Crippen molar-refractivity contribution in [2.45, 2.75) is 33.2 Å². The second-order valence-electron chi connectivity index (χ2n) is 5.02. The van der Waals surface area contributed by atoms with Gasteiger partial charge in [-0.05, 0) is 37.6 Å². The Bertz CT molecular complexity index is 596. The van der Waals surface area contributed by atoms with Gasteiger partial charge in [0.1, 0.15) is 23.9 Å². The van der Waals surface area contributed by atoms with E-state index in [1.54, 1.807) is 36.4 Å². The second kappa shape index (κ2) is 7.09. The molecule has 112 valence electrons. The molecule has 0 unspecified atom stereocenters. The first kappa shape index (κ1) is 15.3. The molecule has 2 aromatic rings. The van der Waals surface area contributed by atoms with Crippen LogP contribution in [-0.4, -0.2) is 11.2 Å². The molecule has 0 aliphatic carbocycles. The monoisotopic (exact) mass is 290 g/mol. The minimum Gasteiger partial charge on any atom is -0.491 e. The molecule has 0 saturated heterocycles. The van der Waals surface area contributed by atoms with Gasteiger partial charge in [-0.3, -0.25) is 0 Å². The van der Waals surface area contributed by atoms with Gasteiger partial charge < -0.3 is 14.6 Å². The summed E-state index contributed by atoms with van der Waals surface area (Å²) in [5.41, 5.74) is 1.18. The molecule has 4 heteroatoms. The highest BCUT2D eigenvalue weighted by Gasteiger charge is 2.06. The summed E-state index contributed by atoms with van der Waals surface area (Å²) in [6.45, 7) is 3.87. The lowest BCUT2D eigenvalue weighted by atomic mass is 10.2. The Hall–Kier alpha value is -2.07. The number of halogens is 1. The second-order valence-corrected chi connectivity index (χ2v) is 5.02. The van der Waals surface area contributed by atoms with Crippen molar-refractivity contribution in [1.82, 2.24) is 0 Å². The van der Waals surface area contributed by atoms with Gasteiger partial charge >= 0.3 is 0 Å². The molecule has 2 aromatic carbocycles. The van der Waals surface area contributed by atoms with E-state index >= 15 is 0 Å². The number of aliphatic hydroxyl groups excluding tert-OH is 1. The van der Waals surface area contributed by atoms with Gasteiger partial charge in [-0.2, -0.15) is 0 Å². The van der Waals surface area contributed by atoms with Crippen LogP contribution in [0, 0.1) is 5.82 Å². The molecule has 0 atom stereocenters. The molecular formula is C17H19FO3. The summed E-state index contributed by atoms with van der Waals surface area (Å²) in [6, 6.07) is 11.7. The lowest BCUT2D eigenvalue weighted by molar-refractivity contribution is 0.236. The lowest BCUT2D eigenvalue weighted by Gasteiger charge is -2.14. The topological polar surface area (TPSA) is 38.7 Å². The molecule has 3 nitrogen and oxygen atoms in total. The van der Waals surface area contributed by atoms with Gasteiger partial charge in [0.2, 0.25) is 0 Å². The Morgan fingerprint density at radius 2 is 1.81 bits per heavy atom. The Morgan fingerprint density at radius 1 is 1.10 bits per heavy atom. The zero-order valence-corrected chi connectivity index (χ0v) is 12.2. The number of hydrogen-bond donors (Lipinski definition) is 1. The van der Waals surface area contributed by atoms with E-state index in [9.17, 15) is 9.50 Å². The maximum Gasteiger partial charge on any atom is 0.129 e. The van der Waals surface area contributed by atoms with Crippen molar-refractivity contribution < 1.29 is 19.0 Å². The van der Waals surface area contributed by atoms with E-state index in [0.29, 0.717) is 22.6 Å². The SMILES string of the molecule is CC(C)Oc1cc(CO)cc(OCc2ccccc2F)c1. The Kier molecular flexibility index (Phi) is 5.17. The van der Waals surface area contributed by atoms with Crippen LogP contribution < -0.4 is 9.47 Å². The molecule has 0 fully saturated rings. The van der Waals surface area contributed by atoms with Gasteiger partial charge in [0.25, 0.3) is 0 Å². The van der Waals surface area contributed by atoms with Crippen molar-refractivity contribution >= 4 is 0 Å². The Labute approximate surface area is 124 Å². The fraction of sp³-hybridized carbons (Fsp3) is 0.294. The van der Waals surface area contributed by atoms with Crippen molar-refractivity contribution in [3.8, 4) is 11.5 Å². The first-order valence-electron chi connectivity index (χ1n) is 6.86. The maximum absolute atomic E-state index is 13.5. The van der Waals surface area contributed by atoms with E-state index in [-0.39, 0.29) is 25.1 Å². The number of aliphatic hydroxyl groups is 1. The van der Waals surface area contributed by atoms with Gasteiger partial charge in [0, 0.05) is 11.6 Å². The molecule has 0 aliphatic heterocycles. The molecule has 0 heterocycles. The highest BCUT2D eigenvalue weighted by molar-refractivity contribution is 5.38. The molecule has 0 spiro atoms. The van der Waals surface area contributed by atoms with Crippen LogP contribution in [0.15, 0.2) is 42.5 Å². The van der Waals surface area contributed by atoms with Crippen molar-refractivity contribution in [1.29, 1.82) is 0 Å². The number of hydrogen-bond acceptors (Lipinski definition) is 3. The summed E-state index contributed by atoms with van der Waals surface area (Å²) in [7, 11) is 0. The van der Waals surface area contributed by atoms with Crippen LogP contribution in [0.4, 0.5) is 4.39 Å². The molecule has 0 saturated carbocycles. The van der Waals surface area contributed by atoms with E-state index in [4.69, 9.17) is 9.47 Å². The predicted molar refractivity (Wildman–Crippen MR) is 78.9 cm³/mol. The summed E-state index contributed by atoms with van der Waals surface area (Å²) in [5, 5.41) is 9.28. The highest BCUT2D eigenvalue weighted by atomic mass is 19.1. The van der Waals surface area contributed by atoms with Crippen LogP contribution in [0.5, 0.6) is 11.5 Å². The van der Waals surface area contributed by atoms with Gasteiger partial charge in [-0.15, -0.1) is 0 Å². The van der Waals surface area contributed by atoms with Crippen LogP contribution in [0.3, 0.4) is 0 Å². The summed E-state index contributed by atoms with van der Waals surface area (Å²) in [6.07, 6.45) is 0.0263. The normalized spacial score (nSPS) is 10.7. The molecule has 2 rings (SSSR count). The van der Waals surface area contributed by atoms with Gasteiger partial charge in [-0.25, -0.2) is 4.39 Å². The van der Waals surface area contributed by atoms with Crippen molar-refractivity contribution in [3.05, 3.63) is 59.4 Å². The van der Waals surface area contributed by atoms with E-state index in [0.717, 1.165) is 0 Å². The van der Waals surface area contributed by atoms with E-state index in [1.807, 2.05) is 13.8 Å². The molecule has 0 aliphatic rings. The van der Waals surface area contributed by atoms with E-state index in [2.05, 4.69) is 0 Å². The molecule has 0 bridgehead atoms. The Morgan fingerprint density at radius 3 is 2.48 bits per heavy atom. The maximum atomic E-state index is 13.5. The molecule has 21 heavy (non-hydrogen) atoms. The summed E-state index contributed by atoms with van der Waals surface area (Å²) < 4.78 is 24.8. The highest BCUT2D eigenvalue weighted by Crippen LogP contribution is 2.25. The average molecular weight is 290 g/mol. The first-order valence-corrected chi connectivity index (χ1v) is 6.86. The largest absolute Gasteiger partial charge is 0.491 e. The zero-order chi connectivity index (χ0) is 15.2. The van der Waals surface area contributed by atoms with Crippen LogP contribution in [0.2, 0.25) is 0 Å². The summed E-state index contributed by atoms with van der Waals surface area (Å²) in [5.74, 6) is 0.870. The minimum absolute atomic E-state index is 0.0263. The van der Waals surface area contributed by atoms with E-state index < -0.39 is 0 Å². The van der Waals surface area contributed by atoms with Gasteiger partial charge in [-0.1, -0.05) is 18.2 Å². The molecule has 0 aromatic heterocycles. The number of ether oxygens (including phenoxy) is 2. The Balaban J connectivity index is 2.13. The third-order valence-electron chi connectivity index (χ3n) is 2.85. The van der Waals surface area contributed by atoms with Crippen LogP contribution in [0.1, 0.15) is 25.0 Å². The standard InChI is InChI=1S/C17H19FO3/c1-12(2)21-16-8-13(10-19)7-15(9-16)20-11-14-5-3-4-6-17(14)18/h3-9,12,19H,10-11H2,1-2H3. The third-order valence-corrected chi connectivity index (χ3v) is 2.85. The minimum atomic E-state index is -0.297. The molecule has 1 N–H and O–H groups in total. The number of benzene rings is 2. The quantitative estimate of drug-likeness (QED) is 0.882. The lowest BCUT2D eigenvalue weighted by Crippen LogP contribution is -2.06. The van der Waals surface area contributed by atoms with Gasteiger partial charge in [0.15, 0.2) is 0 Å². The molecular weight excluding hydrogens is 271 g/mol. The first-order chi connectivity index (χ1) is 10.1. The average Bonchev–Trinajstić information content (AvgIpc) is 2.45. The van der Waals surface area contributed by atoms with Crippen molar-refractivity contribution in [2.24, 2.45) is 0 Å².